The standard InChI is InChI=1S/C37H57N5O11S/c1-35(2,3)53-32(46)12-13-36(4,5)26-37(6,7)52-28-8-10-29(11-9-28)54-42-34-40-22-27(23-41-34)33(47)39-15-17-49-18-20-50-24-30(43)38-14-16-48-19-21-51-25-31(44)45/h8-11,22-23H,12-21,24-26H2,1-7H3,(H,38,43)(H,39,47)(H,44,45)(H,40,41,42). The van der Waals surface area contributed by atoms with Crippen LogP contribution in [0.4, 0.5) is 5.95 Å². The molecule has 0 radical (unpaired) electrons. The molecule has 1 aromatic carbocycles. The van der Waals surface area contributed by atoms with E-state index in [9.17, 15) is 19.2 Å². The Morgan fingerprint density at radius 2 is 1.33 bits per heavy atom. The highest BCUT2D eigenvalue weighted by atomic mass is 32.2. The van der Waals surface area contributed by atoms with Crippen LogP contribution in [0.25, 0.3) is 0 Å². The first kappa shape index (κ1) is 46.1. The minimum atomic E-state index is -1.04. The molecular weight excluding hydrogens is 722 g/mol. The molecule has 1 aromatic heterocycles. The number of rotatable bonds is 27. The number of esters is 1. The summed E-state index contributed by atoms with van der Waals surface area (Å²) in [5.41, 5.74) is -0.780. The molecular formula is C37H57N5O11S. The number of hydrogen-bond donors (Lipinski definition) is 4. The summed E-state index contributed by atoms with van der Waals surface area (Å²) in [6, 6.07) is 7.66. The fourth-order valence-corrected chi connectivity index (χ4v) is 5.61. The lowest BCUT2D eigenvalue weighted by molar-refractivity contribution is -0.155. The summed E-state index contributed by atoms with van der Waals surface area (Å²) < 4.78 is 35.6. The maximum Gasteiger partial charge on any atom is 0.329 e. The highest BCUT2D eigenvalue weighted by Crippen LogP contribution is 2.36. The molecule has 0 aliphatic carbocycles. The van der Waals surface area contributed by atoms with Crippen molar-refractivity contribution in [1.82, 2.24) is 20.6 Å². The Hall–Kier alpha value is -4.03. The SMILES string of the molecule is CC(C)(CCC(=O)OC(C)(C)C)CC(C)(C)Oc1ccc(SNc2ncc(C(=O)NCCOCCOCC(=O)NCCOCCOCC(=O)O)cn2)cc1. The van der Waals surface area contributed by atoms with E-state index in [2.05, 4.69) is 39.2 Å². The average Bonchev–Trinajstić information content (AvgIpc) is 3.08. The summed E-state index contributed by atoms with van der Waals surface area (Å²) in [5, 5.41) is 13.8. The molecule has 0 fully saturated rings. The summed E-state index contributed by atoms with van der Waals surface area (Å²) >= 11 is 1.32. The van der Waals surface area contributed by atoms with Gasteiger partial charge in [-0.3, -0.25) is 19.1 Å². The monoisotopic (exact) mass is 779 g/mol. The van der Waals surface area contributed by atoms with Gasteiger partial charge in [0.2, 0.25) is 11.9 Å². The van der Waals surface area contributed by atoms with Crippen LogP contribution < -0.4 is 20.1 Å². The molecule has 0 atom stereocenters. The molecule has 0 aliphatic heterocycles. The van der Waals surface area contributed by atoms with Gasteiger partial charge in [-0.05, 0) is 89.1 Å². The number of carbonyl (C=O) groups is 4. The van der Waals surface area contributed by atoms with E-state index in [1.54, 1.807) is 0 Å². The van der Waals surface area contributed by atoms with Crippen LogP contribution in [0.5, 0.6) is 5.75 Å². The van der Waals surface area contributed by atoms with Gasteiger partial charge in [-0.2, -0.15) is 0 Å². The number of hydrogen-bond acceptors (Lipinski definition) is 14. The molecule has 0 aliphatic rings. The van der Waals surface area contributed by atoms with Crippen molar-refractivity contribution >= 4 is 41.6 Å². The van der Waals surface area contributed by atoms with E-state index in [1.165, 1.54) is 24.3 Å². The fraction of sp³-hybridized carbons (Fsp3) is 0.622. The fourth-order valence-electron chi connectivity index (χ4n) is 5.02. The minimum Gasteiger partial charge on any atom is -0.488 e. The quantitative estimate of drug-likeness (QED) is 0.0567. The number of nitrogens with zero attached hydrogens (tertiary/aromatic N) is 2. The zero-order chi connectivity index (χ0) is 40.0. The third kappa shape index (κ3) is 22.2. The van der Waals surface area contributed by atoms with Gasteiger partial charge in [-0.15, -0.1) is 0 Å². The van der Waals surface area contributed by atoms with Crippen molar-refractivity contribution in [2.24, 2.45) is 5.41 Å². The van der Waals surface area contributed by atoms with Crippen LogP contribution in [-0.4, -0.2) is 116 Å². The lowest BCUT2D eigenvalue weighted by Crippen LogP contribution is -2.35. The summed E-state index contributed by atoms with van der Waals surface area (Å²) in [7, 11) is 0. The van der Waals surface area contributed by atoms with Crippen LogP contribution in [0.1, 0.15) is 78.1 Å². The number of anilines is 1. The maximum atomic E-state index is 12.4. The Labute approximate surface area is 322 Å². The van der Waals surface area contributed by atoms with E-state index in [1.807, 2.05) is 58.9 Å². The van der Waals surface area contributed by atoms with E-state index in [-0.39, 0.29) is 89.1 Å². The van der Waals surface area contributed by atoms with Gasteiger partial charge < -0.3 is 44.2 Å². The van der Waals surface area contributed by atoms with E-state index in [4.69, 9.17) is 33.5 Å². The third-order valence-electron chi connectivity index (χ3n) is 7.03. The molecule has 1 heterocycles. The molecule has 0 saturated heterocycles. The van der Waals surface area contributed by atoms with Crippen molar-refractivity contribution in [2.45, 2.75) is 83.8 Å². The summed E-state index contributed by atoms with van der Waals surface area (Å²) in [6.07, 6.45) is 4.67. The summed E-state index contributed by atoms with van der Waals surface area (Å²) in [6.45, 7) is 15.3. The number of carboxylic acids is 1. The first-order chi connectivity index (χ1) is 25.4. The molecule has 16 nitrogen and oxygen atoms in total. The molecule has 0 saturated carbocycles. The van der Waals surface area contributed by atoms with E-state index < -0.39 is 17.2 Å². The average molecular weight is 780 g/mol. The summed E-state index contributed by atoms with van der Waals surface area (Å²) in [4.78, 5) is 56.1. The molecule has 17 heteroatoms. The number of nitrogens with one attached hydrogen (secondary N) is 3. The van der Waals surface area contributed by atoms with Crippen LogP contribution >= 0.6 is 11.9 Å². The van der Waals surface area contributed by atoms with Gasteiger partial charge in [0.1, 0.15) is 30.2 Å². The molecule has 0 bridgehead atoms. The predicted molar refractivity (Wildman–Crippen MR) is 202 cm³/mol. The van der Waals surface area contributed by atoms with Crippen molar-refractivity contribution in [3.05, 3.63) is 42.2 Å². The molecule has 4 N–H and O–H groups in total. The van der Waals surface area contributed by atoms with Gasteiger partial charge >= 0.3 is 11.9 Å². The van der Waals surface area contributed by atoms with Gasteiger partial charge in [0.25, 0.3) is 5.91 Å². The highest BCUT2D eigenvalue weighted by molar-refractivity contribution is 8.00. The van der Waals surface area contributed by atoms with E-state index in [0.29, 0.717) is 24.4 Å². The molecule has 54 heavy (non-hydrogen) atoms. The third-order valence-corrected chi connectivity index (χ3v) is 7.82. The highest BCUT2D eigenvalue weighted by Gasteiger charge is 2.31. The number of carbonyl (C=O) groups excluding carboxylic acids is 3. The number of aliphatic carboxylic acids is 1. The zero-order valence-electron chi connectivity index (χ0n) is 32.5. The van der Waals surface area contributed by atoms with Crippen LogP contribution in [0.3, 0.4) is 0 Å². The number of ether oxygens (including phenoxy) is 6. The second-order valence-electron chi connectivity index (χ2n) is 14.6. The number of carboxylic acid groups (broad SMARTS) is 1. The van der Waals surface area contributed by atoms with Crippen LogP contribution in [0.2, 0.25) is 0 Å². The van der Waals surface area contributed by atoms with Crippen LogP contribution in [0.15, 0.2) is 41.6 Å². The number of aromatic nitrogens is 2. The van der Waals surface area contributed by atoms with Crippen LogP contribution in [0, 0.1) is 5.41 Å². The van der Waals surface area contributed by atoms with Crippen LogP contribution in [-0.2, 0) is 38.1 Å². The Morgan fingerprint density at radius 3 is 1.93 bits per heavy atom. The molecule has 2 rings (SSSR count). The number of benzene rings is 1. The van der Waals surface area contributed by atoms with Crippen molar-refractivity contribution < 1.29 is 52.7 Å². The van der Waals surface area contributed by atoms with Gasteiger partial charge in [0.05, 0.1) is 45.2 Å². The second-order valence-corrected chi connectivity index (χ2v) is 15.5. The van der Waals surface area contributed by atoms with Crippen molar-refractivity contribution in [1.29, 1.82) is 0 Å². The number of amides is 2. The normalized spacial score (nSPS) is 11.8. The van der Waals surface area contributed by atoms with Gasteiger partial charge in [0.15, 0.2) is 0 Å². The first-order valence-corrected chi connectivity index (χ1v) is 18.6. The molecule has 0 unspecified atom stereocenters. The minimum absolute atomic E-state index is 0.130. The molecule has 2 amide bonds. The molecule has 302 valence electrons. The predicted octanol–water partition coefficient (Wildman–Crippen LogP) is 4.29. The largest absolute Gasteiger partial charge is 0.488 e. The maximum absolute atomic E-state index is 12.4. The Morgan fingerprint density at radius 1 is 0.759 bits per heavy atom. The lowest BCUT2D eigenvalue weighted by Gasteiger charge is -2.35. The topological polar surface area (TPSA) is 206 Å². The van der Waals surface area contributed by atoms with Crippen molar-refractivity contribution in [3.63, 3.8) is 0 Å². The Balaban J connectivity index is 1.58. The molecule has 2 aromatic rings. The van der Waals surface area contributed by atoms with Crippen molar-refractivity contribution in [3.8, 4) is 5.75 Å². The Kier molecular flexibility index (Phi) is 20.2. The molecule has 0 spiro atoms. The van der Waals surface area contributed by atoms with E-state index >= 15 is 0 Å². The lowest BCUT2D eigenvalue weighted by atomic mass is 9.78. The Bertz CT molecular complexity index is 1440. The second kappa shape index (κ2) is 23.7. The van der Waals surface area contributed by atoms with Gasteiger partial charge in [-0.1, -0.05) is 13.8 Å². The van der Waals surface area contributed by atoms with Gasteiger partial charge in [0, 0.05) is 36.8 Å². The zero-order valence-corrected chi connectivity index (χ0v) is 33.3. The summed E-state index contributed by atoms with van der Waals surface area (Å²) in [5.74, 6) is -0.800. The van der Waals surface area contributed by atoms with Gasteiger partial charge in [-0.25, -0.2) is 14.8 Å². The first-order valence-electron chi connectivity index (χ1n) is 17.8. The van der Waals surface area contributed by atoms with Crippen molar-refractivity contribution in [2.75, 3.05) is 70.7 Å². The van der Waals surface area contributed by atoms with E-state index in [0.717, 1.165) is 17.1 Å². The smallest absolute Gasteiger partial charge is 0.329 e.